The molecule has 1 aromatic carbocycles. The van der Waals surface area contributed by atoms with Crippen molar-refractivity contribution in [2.75, 3.05) is 18.2 Å². The van der Waals surface area contributed by atoms with E-state index in [0.717, 1.165) is 17.5 Å². The molecule has 1 fully saturated rings. The molecule has 2 atom stereocenters. The average molecular weight is 378 g/mol. The van der Waals surface area contributed by atoms with Gasteiger partial charge < -0.3 is 15.3 Å². The van der Waals surface area contributed by atoms with Crippen molar-refractivity contribution in [2.24, 2.45) is 5.92 Å². The topological polar surface area (TPSA) is 86.7 Å². The first-order chi connectivity index (χ1) is 12.4. The van der Waals surface area contributed by atoms with Crippen molar-refractivity contribution in [3.05, 3.63) is 35.4 Å². The predicted octanol–water partition coefficient (Wildman–Crippen LogP) is 2.06. The molecule has 7 heteroatoms. The second kappa shape index (κ2) is 9.62. The van der Waals surface area contributed by atoms with Gasteiger partial charge >= 0.3 is 5.97 Å². The van der Waals surface area contributed by atoms with E-state index in [1.165, 1.54) is 0 Å². The number of hydrogen-bond donors (Lipinski definition) is 2. The lowest BCUT2D eigenvalue weighted by atomic mass is 9.98. The lowest BCUT2D eigenvalue weighted by Crippen LogP contribution is -2.48. The van der Waals surface area contributed by atoms with E-state index in [9.17, 15) is 19.5 Å². The Morgan fingerprint density at radius 3 is 2.81 bits per heavy atom. The van der Waals surface area contributed by atoms with Gasteiger partial charge in [-0.05, 0) is 25.3 Å². The Labute approximate surface area is 158 Å². The molecule has 1 aliphatic rings. The molecule has 0 radical (unpaired) electrons. The van der Waals surface area contributed by atoms with Crippen LogP contribution >= 0.6 is 11.8 Å². The maximum Gasteiger partial charge on any atom is 0.308 e. The normalized spacial score (nSPS) is 17.8. The van der Waals surface area contributed by atoms with Gasteiger partial charge in [0.15, 0.2) is 0 Å². The van der Waals surface area contributed by atoms with Crippen LogP contribution in [0.4, 0.5) is 0 Å². The van der Waals surface area contributed by atoms with E-state index in [0.29, 0.717) is 24.5 Å². The molecule has 2 rings (SSSR count). The van der Waals surface area contributed by atoms with Gasteiger partial charge in [0.05, 0.1) is 11.8 Å². The smallest absolute Gasteiger partial charge is 0.308 e. The van der Waals surface area contributed by atoms with E-state index in [2.05, 4.69) is 5.32 Å². The third-order valence-corrected chi connectivity index (χ3v) is 5.42. The molecule has 0 bridgehead atoms. The molecule has 26 heavy (non-hydrogen) atoms. The number of carboxylic acids is 1. The van der Waals surface area contributed by atoms with Crippen molar-refractivity contribution in [1.82, 2.24) is 10.2 Å². The molecule has 0 aromatic heterocycles. The standard InChI is InChI=1S/C19H26N2O4S/c1-3-5-17(22)21-12-26-11-16(21)18(23)20-10-15(19(24)25)9-14-7-4-6-13(2)8-14/h4,6-8,15-16H,3,5,9-12H2,1-2H3,(H,20,23)(H,24,25). The number of thioether (sulfide) groups is 1. The first-order valence-corrected chi connectivity index (χ1v) is 10.0. The van der Waals surface area contributed by atoms with Gasteiger partial charge in [0.2, 0.25) is 11.8 Å². The van der Waals surface area contributed by atoms with Crippen LogP contribution in [0.5, 0.6) is 0 Å². The SMILES string of the molecule is CCCC(=O)N1CSCC1C(=O)NCC(Cc1cccc(C)c1)C(=O)O. The maximum atomic E-state index is 12.5. The molecule has 1 aliphatic heterocycles. The highest BCUT2D eigenvalue weighted by molar-refractivity contribution is 7.99. The van der Waals surface area contributed by atoms with Crippen LogP contribution in [-0.2, 0) is 20.8 Å². The number of nitrogens with one attached hydrogen (secondary N) is 1. The third kappa shape index (κ3) is 5.49. The van der Waals surface area contributed by atoms with Crippen molar-refractivity contribution < 1.29 is 19.5 Å². The highest BCUT2D eigenvalue weighted by atomic mass is 32.2. The van der Waals surface area contributed by atoms with Gasteiger partial charge in [0.25, 0.3) is 0 Å². The van der Waals surface area contributed by atoms with Gasteiger partial charge in [0.1, 0.15) is 6.04 Å². The quantitative estimate of drug-likeness (QED) is 0.723. The van der Waals surface area contributed by atoms with E-state index >= 15 is 0 Å². The number of amides is 2. The molecule has 2 amide bonds. The van der Waals surface area contributed by atoms with Gasteiger partial charge in [-0.2, -0.15) is 0 Å². The molecule has 2 N–H and O–H groups in total. The zero-order chi connectivity index (χ0) is 19.1. The molecule has 0 saturated carbocycles. The Morgan fingerprint density at radius 1 is 1.38 bits per heavy atom. The van der Waals surface area contributed by atoms with Gasteiger partial charge in [-0.25, -0.2) is 0 Å². The maximum absolute atomic E-state index is 12.5. The number of nitrogens with zero attached hydrogens (tertiary/aromatic N) is 1. The monoisotopic (exact) mass is 378 g/mol. The summed E-state index contributed by atoms with van der Waals surface area (Å²) in [5, 5.41) is 12.2. The summed E-state index contributed by atoms with van der Waals surface area (Å²) < 4.78 is 0. The van der Waals surface area contributed by atoms with E-state index in [1.807, 2.05) is 38.1 Å². The van der Waals surface area contributed by atoms with Crippen LogP contribution in [0.25, 0.3) is 0 Å². The Balaban J connectivity index is 1.94. The highest BCUT2D eigenvalue weighted by Gasteiger charge is 2.34. The van der Waals surface area contributed by atoms with Crippen LogP contribution in [-0.4, -0.2) is 52.0 Å². The molecular weight excluding hydrogens is 352 g/mol. The van der Waals surface area contributed by atoms with Gasteiger partial charge in [-0.3, -0.25) is 14.4 Å². The number of rotatable bonds is 8. The minimum absolute atomic E-state index is 0.0211. The lowest BCUT2D eigenvalue weighted by Gasteiger charge is -2.23. The fraction of sp³-hybridized carbons (Fsp3) is 0.526. The summed E-state index contributed by atoms with van der Waals surface area (Å²) in [6, 6.07) is 7.20. The van der Waals surface area contributed by atoms with Crippen molar-refractivity contribution in [3.8, 4) is 0 Å². The number of carboxylic acid groups (broad SMARTS) is 1. The molecule has 142 valence electrons. The lowest BCUT2D eigenvalue weighted by molar-refractivity contribution is -0.142. The molecule has 1 heterocycles. The fourth-order valence-electron chi connectivity index (χ4n) is 2.98. The number of aryl methyl sites for hydroxylation is 1. The Bertz CT molecular complexity index is 665. The largest absolute Gasteiger partial charge is 0.481 e. The number of hydrogen-bond acceptors (Lipinski definition) is 4. The average Bonchev–Trinajstić information content (AvgIpc) is 3.08. The van der Waals surface area contributed by atoms with Gasteiger partial charge in [0, 0.05) is 18.7 Å². The first kappa shape index (κ1) is 20.3. The van der Waals surface area contributed by atoms with Crippen molar-refractivity contribution in [3.63, 3.8) is 0 Å². The van der Waals surface area contributed by atoms with Gasteiger partial charge in [-0.15, -0.1) is 11.8 Å². The summed E-state index contributed by atoms with van der Waals surface area (Å²) in [5.74, 6) is -0.859. The Hall–Kier alpha value is -2.02. The number of aliphatic carboxylic acids is 1. The van der Waals surface area contributed by atoms with E-state index in [-0.39, 0.29) is 18.4 Å². The van der Waals surface area contributed by atoms with Crippen LogP contribution in [0.1, 0.15) is 30.9 Å². The number of carbonyl (C=O) groups excluding carboxylic acids is 2. The molecule has 0 spiro atoms. The Morgan fingerprint density at radius 2 is 2.15 bits per heavy atom. The zero-order valence-electron chi connectivity index (χ0n) is 15.2. The molecule has 1 aromatic rings. The van der Waals surface area contributed by atoms with Gasteiger partial charge in [-0.1, -0.05) is 36.8 Å². The third-order valence-electron chi connectivity index (χ3n) is 4.41. The second-order valence-electron chi connectivity index (χ2n) is 6.60. The molecule has 2 unspecified atom stereocenters. The fourth-order valence-corrected chi connectivity index (χ4v) is 4.16. The van der Waals surface area contributed by atoms with Crippen LogP contribution in [0.2, 0.25) is 0 Å². The van der Waals surface area contributed by atoms with Crippen LogP contribution < -0.4 is 5.32 Å². The van der Waals surface area contributed by atoms with Crippen LogP contribution in [0.15, 0.2) is 24.3 Å². The first-order valence-electron chi connectivity index (χ1n) is 8.85. The summed E-state index contributed by atoms with van der Waals surface area (Å²) >= 11 is 1.55. The second-order valence-corrected chi connectivity index (χ2v) is 7.60. The molecule has 6 nitrogen and oxygen atoms in total. The highest BCUT2D eigenvalue weighted by Crippen LogP contribution is 2.22. The summed E-state index contributed by atoms with van der Waals surface area (Å²) in [7, 11) is 0. The van der Waals surface area contributed by atoms with E-state index in [1.54, 1.807) is 16.7 Å². The summed E-state index contributed by atoms with van der Waals surface area (Å²) in [5.41, 5.74) is 2.01. The zero-order valence-corrected chi connectivity index (χ0v) is 16.1. The minimum Gasteiger partial charge on any atom is -0.481 e. The summed E-state index contributed by atoms with van der Waals surface area (Å²) in [6.07, 6.45) is 1.52. The summed E-state index contributed by atoms with van der Waals surface area (Å²) in [6.45, 7) is 3.94. The molecule has 1 saturated heterocycles. The predicted molar refractivity (Wildman–Crippen MR) is 102 cm³/mol. The van der Waals surface area contributed by atoms with E-state index < -0.39 is 17.9 Å². The van der Waals surface area contributed by atoms with E-state index in [4.69, 9.17) is 0 Å². The van der Waals surface area contributed by atoms with Crippen LogP contribution in [0.3, 0.4) is 0 Å². The minimum atomic E-state index is -0.938. The number of carbonyl (C=O) groups is 3. The molecule has 0 aliphatic carbocycles. The van der Waals surface area contributed by atoms with Crippen molar-refractivity contribution in [1.29, 1.82) is 0 Å². The number of benzene rings is 1. The van der Waals surface area contributed by atoms with Crippen LogP contribution in [0, 0.1) is 12.8 Å². The summed E-state index contributed by atoms with van der Waals surface area (Å²) in [4.78, 5) is 37.8. The van der Waals surface area contributed by atoms with Crippen molar-refractivity contribution in [2.45, 2.75) is 39.2 Å². The Kier molecular flexibility index (Phi) is 7.50. The molecular formula is C19H26N2O4S. The van der Waals surface area contributed by atoms with Crippen molar-refractivity contribution >= 4 is 29.5 Å².